The molecule has 0 saturated heterocycles. The minimum atomic E-state index is -0.256. The Morgan fingerprint density at radius 2 is 2.26 bits per heavy atom. The Balaban J connectivity index is 1.61. The number of H-pyrrole nitrogens is 2. The molecule has 0 atom stereocenters. The van der Waals surface area contributed by atoms with Gasteiger partial charge in [-0.05, 0) is 23.8 Å². The van der Waals surface area contributed by atoms with Crippen LogP contribution in [0.15, 0.2) is 29.2 Å². The SMILES string of the molecule is Nc1nc2c(c(=O)[nH]1)CN(Cc1c[nH]c3cc(F)ccc13)CC2. The van der Waals surface area contributed by atoms with Crippen molar-refractivity contribution in [1.82, 2.24) is 19.9 Å². The van der Waals surface area contributed by atoms with E-state index in [0.717, 1.165) is 28.7 Å². The first-order chi connectivity index (χ1) is 11.1. The van der Waals surface area contributed by atoms with E-state index in [9.17, 15) is 9.18 Å². The molecule has 0 spiro atoms. The molecule has 6 nitrogen and oxygen atoms in total. The number of nitrogens with one attached hydrogen (secondary N) is 2. The lowest BCUT2D eigenvalue weighted by atomic mass is 10.1. The second kappa shape index (κ2) is 5.20. The fraction of sp³-hybridized carbons (Fsp3) is 0.250. The molecule has 2 aromatic heterocycles. The number of benzene rings is 1. The molecule has 0 aliphatic carbocycles. The van der Waals surface area contributed by atoms with Gasteiger partial charge in [0.05, 0.1) is 11.3 Å². The number of fused-ring (bicyclic) bond motifs is 2. The van der Waals surface area contributed by atoms with E-state index in [1.165, 1.54) is 12.1 Å². The molecule has 0 bridgehead atoms. The van der Waals surface area contributed by atoms with Crippen LogP contribution in [0.25, 0.3) is 10.9 Å². The molecular weight excluding hydrogens is 297 g/mol. The lowest BCUT2D eigenvalue weighted by molar-refractivity contribution is 0.243. The van der Waals surface area contributed by atoms with Gasteiger partial charge in [0, 0.05) is 43.2 Å². The normalized spacial score (nSPS) is 15.0. The van der Waals surface area contributed by atoms with Crippen LogP contribution >= 0.6 is 0 Å². The van der Waals surface area contributed by atoms with Gasteiger partial charge in [-0.3, -0.25) is 14.7 Å². The first-order valence-corrected chi connectivity index (χ1v) is 7.45. The Kier molecular flexibility index (Phi) is 3.16. The summed E-state index contributed by atoms with van der Waals surface area (Å²) < 4.78 is 13.3. The second-order valence-electron chi connectivity index (χ2n) is 5.84. The van der Waals surface area contributed by atoms with Gasteiger partial charge >= 0.3 is 0 Å². The van der Waals surface area contributed by atoms with Crippen LogP contribution in [0.2, 0.25) is 0 Å². The smallest absolute Gasteiger partial charge is 0.257 e. The number of nitrogen functional groups attached to an aromatic ring is 1. The van der Waals surface area contributed by atoms with Crippen molar-refractivity contribution in [3.05, 3.63) is 57.4 Å². The monoisotopic (exact) mass is 313 g/mol. The third-order valence-electron chi connectivity index (χ3n) is 4.29. The largest absolute Gasteiger partial charge is 0.369 e. The highest BCUT2D eigenvalue weighted by molar-refractivity contribution is 5.83. The summed E-state index contributed by atoms with van der Waals surface area (Å²) in [5.74, 6) is -0.0890. The quantitative estimate of drug-likeness (QED) is 0.669. The number of nitrogens with zero attached hydrogens (tertiary/aromatic N) is 2. The van der Waals surface area contributed by atoms with Crippen LogP contribution in [-0.4, -0.2) is 26.4 Å². The number of aromatic amines is 2. The van der Waals surface area contributed by atoms with E-state index in [4.69, 9.17) is 5.73 Å². The van der Waals surface area contributed by atoms with Crippen molar-refractivity contribution in [3.63, 3.8) is 0 Å². The molecule has 118 valence electrons. The zero-order valence-electron chi connectivity index (χ0n) is 12.4. The number of halogens is 1. The van der Waals surface area contributed by atoms with E-state index < -0.39 is 0 Å². The zero-order chi connectivity index (χ0) is 16.0. The molecule has 0 amide bonds. The molecule has 7 heteroatoms. The van der Waals surface area contributed by atoms with Gasteiger partial charge in [-0.25, -0.2) is 9.37 Å². The van der Waals surface area contributed by atoms with E-state index in [2.05, 4.69) is 19.9 Å². The first-order valence-electron chi connectivity index (χ1n) is 7.45. The minimum Gasteiger partial charge on any atom is -0.369 e. The topological polar surface area (TPSA) is 90.8 Å². The summed E-state index contributed by atoms with van der Waals surface area (Å²) >= 11 is 0. The van der Waals surface area contributed by atoms with Crippen LogP contribution < -0.4 is 11.3 Å². The van der Waals surface area contributed by atoms with E-state index >= 15 is 0 Å². The molecule has 1 aliphatic heterocycles. The molecule has 4 N–H and O–H groups in total. The molecule has 0 saturated carbocycles. The number of anilines is 1. The summed E-state index contributed by atoms with van der Waals surface area (Å²) in [6.45, 7) is 2.03. The summed E-state index contributed by atoms with van der Waals surface area (Å²) in [5, 5.41) is 1.00. The summed E-state index contributed by atoms with van der Waals surface area (Å²) in [4.78, 5) is 24.1. The molecular formula is C16H16FN5O. The van der Waals surface area contributed by atoms with Crippen molar-refractivity contribution in [1.29, 1.82) is 0 Å². The van der Waals surface area contributed by atoms with Crippen LogP contribution in [0.3, 0.4) is 0 Å². The maximum atomic E-state index is 13.3. The molecule has 0 radical (unpaired) electrons. The Bertz CT molecular complexity index is 945. The number of rotatable bonds is 2. The van der Waals surface area contributed by atoms with E-state index in [1.54, 1.807) is 6.07 Å². The van der Waals surface area contributed by atoms with Crippen molar-refractivity contribution >= 4 is 16.9 Å². The Morgan fingerprint density at radius 3 is 3.13 bits per heavy atom. The van der Waals surface area contributed by atoms with Crippen molar-refractivity contribution in [2.75, 3.05) is 12.3 Å². The first kappa shape index (κ1) is 14.0. The average molecular weight is 313 g/mol. The van der Waals surface area contributed by atoms with Gasteiger partial charge in [0.25, 0.3) is 5.56 Å². The molecule has 23 heavy (non-hydrogen) atoms. The third kappa shape index (κ3) is 2.49. The summed E-state index contributed by atoms with van der Waals surface area (Å²) in [7, 11) is 0. The average Bonchev–Trinajstić information content (AvgIpc) is 2.90. The van der Waals surface area contributed by atoms with Crippen LogP contribution in [0.1, 0.15) is 16.8 Å². The third-order valence-corrected chi connectivity index (χ3v) is 4.29. The molecule has 1 aliphatic rings. The molecule has 0 unspecified atom stereocenters. The van der Waals surface area contributed by atoms with Gasteiger partial charge in [-0.2, -0.15) is 0 Å². The highest BCUT2D eigenvalue weighted by atomic mass is 19.1. The zero-order valence-corrected chi connectivity index (χ0v) is 12.4. The van der Waals surface area contributed by atoms with Crippen LogP contribution in [0.4, 0.5) is 10.3 Å². The van der Waals surface area contributed by atoms with Crippen LogP contribution in [-0.2, 0) is 19.5 Å². The predicted octanol–water partition coefficient (Wildman–Crippen LogP) is 1.53. The van der Waals surface area contributed by atoms with Gasteiger partial charge in [0.2, 0.25) is 5.95 Å². The van der Waals surface area contributed by atoms with Crippen molar-refractivity contribution in [2.45, 2.75) is 19.5 Å². The highest BCUT2D eigenvalue weighted by Gasteiger charge is 2.21. The summed E-state index contributed by atoms with van der Waals surface area (Å²) in [6, 6.07) is 4.73. The van der Waals surface area contributed by atoms with Crippen LogP contribution in [0.5, 0.6) is 0 Å². The van der Waals surface area contributed by atoms with Crippen LogP contribution in [0, 0.1) is 5.82 Å². The van der Waals surface area contributed by atoms with E-state index in [0.29, 0.717) is 25.1 Å². The predicted molar refractivity (Wildman–Crippen MR) is 85.3 cm³/mol. The van der Waals surface area contributed by atoms with Gasteiger partial charge in [0.1, 0.15) is 5.82 Å². The fourth-order valence-electron chi connectivity index (χ4n) is 3.17. The summed E-state index contributed by atoms with van der Waals surface area (Å²) in [6.07, 6.45) is 2.59. The molecule has 1 aromatic carbocycles. The molecule has 3 aromatic rings. The lowest BCUT2D eigenvalue weighted by Crippen LogP contribution is -2.35. The Hall–Kier alpha value is -2.67. The number of aromatic nitrogens is 3. The van der Waals surface area contributed by atoms with Crippen molar-refractivity contribution in [3.8, 4) is 0 Å². The fourth-order valence-corrected chi connectivity index (χ4v) is 3.17. The van der Waals surface area contributed by atoms with Crippen molar-refractivity contribution < 1.29 is 4.39 Å². The van der Waals surface area contributed by atoms with Gasteiger partial charge < -0.3 is 10.7 Å². The lowest BCUT2D eigenvalue weighted by Gasteiger charge is -2.27. The molecule has 3 heterocycles. The Labute approximate surface area is 131 Å². The van der Waals surface area contributed by atoms with E-state index in [-0.39, 0.29) is 17.3 Å². The standard InChI is InChI=1S/C16H16FN5O/c17-10-1-2-11-9(6-19-14(11)5-10)7-22-4-3-13-12(8-22)15(23)21-16(18)20-13/h1-2,5-6,19H,3-4,7-8H2,(H3,18,20,21,23). The van der Waals surface area contributed by atoms with Crippen molar-refractivity contribution in [2.24, 2.45) is 0 Å². The second-order valence-corrected chi connectivity index (χ2v) is 5.84. The maximum Gasteiger partial charge on any atom is 0.257 e. The molecule has 4 rings (SSSR count). The summed E-state index contributed by atoms with van der Waals surface area (Å²) in [5.41, 5.74) is 8.74. The maximum absolute atomic E-state index is 13.3. The van der Waals surface area contributed by atoms with E-state index in [1.807, 2.05) is 6.20 Å². The Morgan fingerprint density at radius 1 is 1.39 bits per heavy atom. The number of hydrogen-bond acceptors (Lipinski definition) is 4. The number of hydrogen-bond donors (Lipinski definition) is 3. The van der Waals surface area contributed by atoms with Gasteiger partial charge in [0.15, 0.2) is 0 Å². The molecule has 0 fully saturated rings. The number of nitrogens with two attached hydrogens (primary N) is 1. The van der Waals surface area contributed by atoms with Gasteiger partial charge in [-0.15, -0.1) is 0 Å². The minimum absolute atomic E-state index is 0.167. The van der Waals surface area contributed by atoms with Gasteiger partial charge in [-0.1, -0.05) is 0 Å². The highest BCUT2D eigenvalue weighted by Crippen LogP contribution is 2.23.